The molecule has 0 radical (unpaired) electrons. The number of benzene rings is 1. The SMILES string of the molecule is O=C(CN1CCCCCC1)Nc1ccccc1C(=O)NC1CCCC1. The van der Waals surface area contributed by atoms with Gasteiger partial charge in [0.25, 0.3) is 5.91 Å². The van der Waals surface area contributed by atoms with Gasteiger partial charge in [-0.05, 0) is 50.9 Å². The fourth-order valence-electron chi connectivity index (χ4n) is 3.81. The molecule has 0 unspecified atom stereocenters. The number of carbonyl (C=O) groups excluding carboxylic acids is 2. The summed E-state index contributed by atoms with van der Waals surface area (Å²) in [5.74, 6) is -0.124. The highest BCUT2D eigenvalue weighted by Crippen LogP contribution is 2.20. The summed E-state index contributed by atoms with van der Waals surface area (Å²) < 4.78 is 0. The van der Waals surface area contributed by atoms with Crippen LogP contribution in [0.2, 0.25) is 0 Å². The summed E-state index contributed by atoms with van der Waals surface area (Å²) in [6, 6.07) is 7.56. The lowest BCUT2D eigenvalue weighted by Gasteiger charge is -2.20. The third-order valence-corrected chi connectivity index (χ3v) is 5.20. The van der Waals surface area contributed by atoms with Crippen molar-refractivity contribution in [3.63, 3.8) is 0 Å². The fourth-order valence-corrected chi connectivity index (χ4v) is 3.81. The maximum Gasteiger partial charge on any atom is 0.253 e. The van der Waals surface area contributed by atoms with Crippen LogP contribution in [0.3, 0.4) is 0 Å². The molecule has 0 bridgehead atoms. The van der Waals surface area contributed by atoms with E-state index >= 15 is 0 Å². The van der Waals surface area contributed by atoms with Crippen LogP contribution >= 0.6 is 0 Å². The fraction of sp³-hybridized carbons (Fsp3) is 0.600. The topological polar surface area (TPSA) is 61.4 Å². The number of carbonyl (C=O) groups is 2. The van der Waals surface area contributed by atoms with Crippen LogP contribution in [0, 0.1) is 0 Å². The Kier molecular flexibility index (Phi) is 6.45. The van der Waals surface area contributed by atoms with Crippen LogP contribution in [0.4, 0.5) is 5.69 Å². The minimum atomic E-state index is -0.0856. The smallest absolute Gasteiger partial charge is 0.253 e. The van der Waals surface area contributed by atoms with E-state index in [0.29, 0.717) is 17.8 Å². The summed E-state index contributed by atoms with van der Waals surface area (Å²) in [5, 5.41) is 6.04. The summed E-state index contributed by atoms with van der Waals surface area (Å²) in [7, 11) is 0. The molecular weight excluding hydrogens is 314 g/mol. The number of nitrogens with one attached hydrogen (secondary N) is 2. The zero-order valence-electron chi connectivity index (χ0n) is 14.9. The van der Waals surface area contributed by atoms with Gasteiger partial charge in [-0.3, -0.25) is 14.5 Å². The zero-order chi connectivity index (χ0) is 17.5. The van der Waals surface area contributed by atoms with E-state index in [9.17, 15) is 9.59 Å². The third-order valence-electron chi connectivity index (χ3n) is 5.20. The Bertz CT molecular complexity index is 588. The number of likely N-dealkylation sites (tertiary alicyclic amines) is 1. The van der Waals surface area contributed by atoms with Gasteiger partial charge in [-0.25, -0.2) is 0 Å². The van der Waals surface area contributed by atoms with E-state index in [0.717, 1.165) is 38.8 Å². The van der Waals surface area contributed by atoms with Crippen LogP contribution in [0.15, 0.2) is 24.3 Å². The lowest BCUT2D eigenvalue weighted by molar-refractivity contribution is -0.117. The van der Waals surface area contributed by atoms with Crippen molar-refractivity contribution in [3.05, 3.63) is 29.8 Å². The Morgan fingerprint density at radius 2 is 1.64 bits per heavy atom. The first-order chi connectivity index (χ1) is 12.2. The summed E-state index contributed by atoms with van der Waals surface area (Å²) in [6.45, 7) is 2.37. The maximum absolute atomic E-state index is 12.6. The highest BCUT2D eigenvalue weighted by molar-refractivity contribution is 6.04. The first-order valence-electron chi connectivity index (χ1n) is 9.64. The second-order valence-electron chi connectivity index (χ2n) is 7.24. The molecule has 2 N–H and O–H groups in total. The second-order valence-corrected chi connectivity index (χ2v) is 7.24. The average molecular weight is 343 g/mol. The van der Waals surface area contributed by atoms with Crippen LogP contribution in [-0.4, -0.2) is 42.4 Å². The Morgan fingerprint density at radius 1 is 0.960 bits per heavy atom. The molecular formula is C20H29N3O2. The molecule has 3 rings (SSSR count). The first kappa shape index (κ1) is 17.9. The molecule has 25 heavy (non-hydrogen) atoms. The molecule has 1 heterocycles. The Morgan fingerprint density at radius 3 is 2.36 bits per heavy atom. The normalized spacial score (nSPS) is 19.4. The first-order valence-corrected chi connectivity index (χ1v) is 9.64. The van der Waals surface area contributed by atoms with Crippen molar-refractivity contribution in [3.8, 4) is 0 Å². The van der Waals surface area contributed by atoms with Crippen molar-refractivity contribution in [2.24, 2.45) is 0 Å². The Labute approximate surface area is 150 Å². The van der Waals surface area contributed by atoms with Crippen LogP contribution in [-0.2, 0) is 4.79 Å². The molecule has 1 aromatic rings. The molecule has 1 saturated carbocycles. The summed E-state index contributed by atoms with van der Waals surface area (Å²) in [6.07, 6.45) is 9.29. The van der Waals surface area contributed by atoms with Gasteiger partial charge in [0.05, 0.1) is 17.8 Å². The minimum Gasteiger partial charge on any atom is -0.349 e. The van der Waals surface area contributed by atoms with Crippen molar-refractivity contribution < 1.29 is 9.59 Å². The summed E-state index contributed by atoms with van der Waals surface area (Å²) >= 11 is 0. The molecule has 2 aliphatic rings. The van der Waals surface area contributed by atoms with Crippen LogP contribution in [0.25, 0.3) is 0 Å². The highest BCUT2D eigenvalue weighted by atomic mass is 16.2. The predicted octanol–water partition coefficient (Wildman–Crippen LogP) is 3.17. The number of rotatable bonds is 5. The van der Waals surface area contributed by atoms with E-state index in [-0.39, 0.29) is 17.9 Å². The standard InChI is InChI=1S/C20H29N3O2/c24-19(15-23-13-7-1-2-8-14-23)22-18-12-6-5-11-17(18)20(25)21-16-9-3-4-10-16/h5-6,11-12,16H,1-4,7-10,13-15H2,(H,21,25)(H,22,24). The molecule has 0 aromatic heterocycles. The zero-order valence-corrected chi connectivity index (χ0v) is 14.9. The molecule has 1 aliphatic carbocycles. The summed E-state index contributed by atoms with van der Waals surface area (Å²) in [5.41, 5.74) is 1.16. The number of anilines is 1. The monoisotopic (exact) mass is 343 g/mol. The van der Waals surface area contributed by atoms with Gasteiger partial charge >= 0.3 is 0 Å². The average Bonchev–Trinajstić information content (AvgIpc) is 2.98. The lowest BCUT2D eigenvalue weighted by atomic mass is 10.1. The molecule has 0 atom stereocenters. The van der Waals surface area contributed by atoms with Crippen molar-refractivity contribution in [1.29, 1.82) is 0 Å². The molecule has 5 heteroatoms. The number of hydrogen-bond acceptors (Lipinski definition) is 3. The van der Waals surface area contributed by atoms with E-state index in [1.165, 1.54) is 25.7 Å². The van der Waals surface area contributed by atoms with E-state index in [1.54, 1.807) is 6.07 Å². The van der Waals surface area contributed by atoms with E-state index in [2.05, 4.69) is 15.5 Å². The molecule has 1 aliphatic heterocycles. The molecule has 2 fully saturated rings. The Hall–Kier alpha value is -1.88. The van der Waals surface area contributed by atoms with E-state index in [4.69, 9.17) is 0 Å². The van der Waals surface area contributed by atoms with E-state index in [1.807, 2.05) is 18.2 Å². The summed E-state index contributed by atoms with van der Waals surface area (Å²) in [4.78, 5) is 27.2. The third kappa shape index (κ3) is 5.30. The molecule has 5 nitrogen and oxygen atoms in total. The maximum atomic E-state index is 12.6. The predicted molar refractivity (Wildman–Crippen MR) is 99.7 cm³/mol. The van der Waals surface area contributed by atoms with Crippen molar-refractivity contribution in [2.45, 2.75) is 57.4 Å². The van der Waals surface area contributed by atoms with Gasteiger partial charge < -0.3 is 10.6 Å². The van der Waals surface area contributed by atoms with Gasteiger partial charge in [0, 0.05) is 6.04 Å². The van der Waals surface area contributed by atoms with Gasteiger partial charge in [0.15, 0.2) is 0 Å². The molecule has 0 spiro atoms. The Balaban J connectivity index is 1.59. The molecule has 2 amide bonds. The second kappa shape index (κ2) is 8.99. The van der Waals surface area contributed by atoms with Gasteiger partial charge in [0.1, 0.15) is 0 Å². The van der Waals surface area contributed by atoms with Gasteiger partial charge in [0.2, 0.25) is 5.91 Å². The quantitative estimate of drug-likeness (QED) is 0.863. The van der Waals surface area contributed by atoms with Gasteiger partial charge in [-0.15, -0.1) is 0 Å². The van der Waals surface area contributed by atoms with Crippen molar-refractivity contribution in [2.75, 3.05) is 25.0 Å². The molecule has 136 valence electrons. The lowest BCUT2D eigenvalue weighted by Crippen LogP contribution is -2.35. The van der Waals surface area contributed by atoms with Crippen LogP contribution in [0.1, 0.15) is 61.7 Å². The van der Waals surface area contributed by atoms with Crippen molar-refractivity contribution >= 4 is 17.5 Å². The minimum absolute atomic E-state index is 0.0389. The molecule has 1 saturated heterocycles. The van der Waals surface area contributed by atoms with Crippen LogP contribution < -0.4 is 10.6 Å². The largest absolute Gasteiger partial charge is 0.349 e. The number of nitrogens with zero attached hydrogens (tertiary/aromatic N) is 1. The van der Waals surface area contributed by atoms with E-state index < -0.39 is 0 Å². The van der Waals surface area contributed by atoms with Gasteiger partial charge in [-0.1, -0.05) is 37.8 Å². The molecule has 1 aromatic carbocycles. The number of hydrogen-bond donors (Lipinski definition) is 2. The highest BCUT2D eigenvalue weighted by Gasteiger charge is 2.20. The number of amides is 2. The van der Waals surface area contributed by atoms with Crippen LogP contribution in [0.5, 0.6) is 0 Å². The van der Waals surface area contributed by atoms with Gasteiger partial charge in [-0.2, -0.15) is 0 Å². The number of para-hydroxylation sites is 1. The van der Waals surface area contributed by atoms with Crippen molar-refractivity contribution in [1.82, 2.24) is 10.2 Å².